The van der Waals surface area contributed by atoms with Gasteiger partial charge in [0, 0.05) is 55.6 Å². The van der Waals surface area contributed by atoms with E-state index < -0.39 is 0 Å². The second-order valence-electron chi connectivity index (χ2n) is 8.36. The Morgan fingerprint density at radius 1 is 0.939 bits per heavy atom. The van der Waals surface area contributed by atoms with Gasteiger partial charge in [0.15, 0.2) is 5.78 Å². The van der Waals surface area contributed by atoms with Gasteiger partial charge in [-0.05, 0) is 64.5 Å². The van der Waals surface area contributed by atoms with Gasteiger partial charge >= 0.3 is 0 Å². The van der Waals surface area contributed by atoms with Crippen LogP contribution in [0.15, 0.2) is 72.9 Å². The number of benzene rings is 3. The van der Waals surface area contributed by atoms with Crippen LogP contribution in [-0.2, 0) is 6.42 Å². The van der Waals surface area contributed by atoms with Gasteiger partial charge in [-0.2, -0.15) is 0 Å². The van der Waals surface area contributed by atoms with E-state index in [1.165, 1.54) is 17.8 Å². The molecule has 5 nitrogen and oxygen atoms in total. The smallest absolute Gasteiger partial charge is 0.185 e. The zero-order chi connectivity index (χ0) is 22.8. The van der Waals surface area contributed by atoms with Crippen LogP contribution in [0, 0.1) is 5.82 Å². The fourth-order valence-corrected chi connectivity index (χ4v) is 4.25. The first kappa shape index (κ1) is 21.1. The Bertz CT molecular complexity index is 1310. The Labute approximate surface area is 192 Å². The van der Waals surface area contributed by atoms with Crippen molar-refractivity contribution in [3.8, 4) is 11.1 Å². The summed E-state index contributed by atoms with van der Waals surface area (Å²) in [6, 6.07) is 19.9. The van der Waals surface area contributed by atoms with E-state index in [0.717, 1.165) is 53.6 Å². The third-order valence-corrected chi connectivity index (χ3v) is 6.14. The number of nitrogen functional groups attached to an aromatic ring is 1. The Balaban J connectivity index is 1.37. The summed E-state index contributed by atoms with van der Waals surface area (Å²) in [7, 11) is 0. The highest BCUT2D eigenvalue weighted by Gasteiger charge is 2.14. The fourth-order valence-electron chi connectivity index (χ4n) is 4.25. The lowest BCUT2D eigenvalue weighted by atomic mass is 9.98. The number of pyridine rings is 1. The van der Waals surface area contributed by atoms with E-state index in [1.54, 1.807) is 24.4 Å². The van der Waals surface area contributed by atoms with Crippen LogP contribution in [0.4, 0.5) is 15.8 Å². The molecule has 6 heteroatoms. The van der Waals surface area contributed by atoms with Crippen molar-refractivity contribution in [2.24, 2.45) is 0 Å². The monoisotopic (exact) mass is 440 g/mol. The van der Waals surface area contributed by atoms with E-state index in [1.807, 2.05) is 18.2 Å². The molecule has 0 saturated carbocycles. The van der Waals surface area contributed by atoms with Crippen LogP contribution >= 0.6 is 0 Å². The third-order valence-electron chi connectivity index (χ3n) is 6.14. The van der Waals surface area contributed by atoms with Crippen molar-refractivity contribution < 1.29 is 9.18 Å². The largest absolute Gasteiger partial charge is 0.398 e. The van der Waals surface area contributed by atoms with Crippen LogP contribution < -0.4 is 16.0 Å². The van der Waals surface area contributed by atoms with Crippen LogP contribution in [0.5, 0.6) is 0 Å². The SMILES string of the molecule is Nc1ccc(-c2ccc(F)cc2)cc1CC(=O)c1cc2ccc(N3CCNCC3)cc2cn1. The first-order chi connectivity index (χ1) is 16.1. The number of ketones is 1. The van der Waals surface area contributed by atoms with Gasteiger partial charge in [-0.15, -0.1) is 0 Å². The van der Waals surface area contributed by atoms with Gasteiger partial charge in [0.25, 0.3) is 0 Å². The molecule has 0 unspecified atom stereocenters. The van der Waals surface area contributed by atoms with E-state index >= 15 is 0 Å². The average Bonchev–Trinajstić information content (AvgIpc) is 2.86. The number of fused-ring (bicyclic) bond motifs is 1. The Morgan fingerprint density at radius 3 is 2.48 bits per heavy atom. The average molecular weight is 441 g/mol. The topological polar surface area (TPSA) is 71.2 Å². The maximum Gasteiger partial charge on any atom is 0.185 e. The summed E-state index contributed by atoms with van der Waals surface area (Å²) in [5, 5.41) is 5.37. The van der Waals surface area contributed by atoms with Crippen LogP contribution in [0.1, 0.15) is 16.1 Å². The van der Waals surface area contributed by atoms with Crippen LogP contribution in [0.3, 0.4) is 0 Å². The van der Waals surface area contributed by atoms with Crippen molar-refractivity contribution in [1.82, 2.24) is 10.3 Å². The number of nitrogens with zero attached hydrogens (tertiary/aromatic N) is 2. The number of nitrogens with two attached hydrogens (primary N) is 1. The molecule has 1 aromatic heterocycles. The van der Waals surface area contributed by atoms with E-state index in [4.69, 9.17) is 5.73 Å². The molecule has 3 aromatic carbocycles. The number of hydrogen-bond acceptors (Lipinski definition) is 5. The van der Waals surface area contributed by atoms with Crippen LogP contribution in [0.2, 0.25) is 0 Å². The maximum atomic E-state index is 13.3. The number of halogens is 1. The first-order valence-corrected chi connectivity index (χ1v) is 11.1. The van der Waals surface area contributed by atoms with Crippen LogP contribution in [-0.4, -0.2) is 36.9 Å². The van der Waals surface area contributed by atoms with Crippen molar-refractivity contribution in [3.05, 3.63) is 90.0 Å². The summed E-state index contributed by atoms with van der Waals surface area (Å²) in [5.41, 5.74) is 10.8. The number of carbonyl (C=O) groups excluding carboxylic acids is 1. The molecule has 0 atom stereocenters. The number of anilines is 2. The number of rotatable bonds is 5. The van der Waals surface area contributed by atoms with Crippen molar-refractivity contribution >= 4 is 27.9 Å². The molecule has 0 bridgehead atoms. The van der Waals surface area contributed by atoms with Gasteiger partial charge < -0.3 is 16.0 Å². The molecule has 3 N–H and O–H groups in total. The summed E-state index contributed by atoms with van der Waals surface area (Å²) >= 11 is 0. The lowest BCUT2D eigenvalue weighted by Gasteiger charge is -2.29. The molecule has 1 saturated heterocycles. The van der Waals surface area contributed by atoms with Crippen LogP contribution in [0.25, 0.3) is 21.9 Å². The number of hydrogen-bond donors (Lipinski definition) is 2. The minimum absolute atomic E-state index is 0.0916. The molecule has 0 amide bonds. The van der Waals surface area contributed by atoms with E-state index in [-0.39, 0.29) is 18.0 Å². The number of aromatic nitrogens is 1. The van der Waals surface area contributed by atoms with Crippen molar-refractivity contribution in [2.75, 3.05) is 36.8 Å². The van der Waals surface area contributed by atoms with Gasteiger partial charge in [-0.1, -0.05) is 24.3 Å². The highest BCUT2D eigenvalue weighted by atomic mass is 19.1. The number of carbonyl (C=O) groups is 1. The quantitative estimate of drug-likeness (QED) is 0.354. The predicted octanol–water partition coefficient (Wildman–Crippen LogP) is 4.46. The summed E-state index contributed by atoms with van der Waals surface area (Å²) in [4.78, 5) is 19.8. The molecule has 0 aliphatic carbocycles. The van der Waals surface area contributed by atoms with Crippen molar-refractivity contribution in [1.29, 1.82) is 0 Å². The van der Waals surface area contributed by atoms with Gasteiger partial charge in [0.05, 0.1) is 0 Å². The van der Waals surface area contributed by atoms with Crippen molar-refractivity contribution in [2.45, 2.75) is 6.42 Å². The fraction of sp³-hybridized carbons (Fsp3) is 0.185. The summed E-state index contributed by atoms with van der Waals surface area (Å²) in [5.74, 6) is -0.377. The zero-order valence-electron chi connectivity index (χ0n) is 18.2. The number of Topliss-reactive ketones (excluding diaryl/α,β-unsaturated/α-hetero) is 1. The highest BCUT2D eigenvalue weighted by Crippen LogP contribution is 2.26. The van der Waals surface area contributed by atoms with Gasteiger partial charge in [-0.3, -0.25) is 9.78 Å². The minimum Gasteiger partial charge on any atom is -0.398 e. The molecule has 0 radical (unpaired) electrons. The molecule has 0 spiro atoms. The van der Waals surface area contributed by atoms with E-state index in [2.05, 4.69) is 33.4 Å². The predicted molar refractivity (Wildman–Crippen MR) is 131 cm³/mol. The second-order valence-corrected chi connectivity index (χ2v) is 8.36. The van der Waals surface area contributed by atoms with E-state index in [0.29, 0.717) is 11.4 Å². The molecule has 33 heavy (non-hydrogen) atoms. The molecule has 1 aliphatic rings. The molecular weight excluding hydrogens is 415 g/mol. The van der Waals surface area contributed by atoms with Gasteiger partial charge in [-0.25, -0.2) is 4.39 Å². The number of nitrogens with one attached hydrogen (secondary N) is 1. The summed E-state index contributed by atoms with van der Waals surface area (Å²) in [6.07, 6.45) is 1.92. The third kappa shape index (κ3) is 4.56. The highest BCUT2D eigenvalue weighted by molar-refractivity contribution is 6.00. The molecule has 166 valence electrons. The standard InChI is InChI=1S/C27H25FN4O/c28-23-5-1-18(2-6-23)19-4-8-25(29)21(13-19)16-27(33)26-15-20-3-7-24(14-22(20)17-31-26)32-11-9-30-10-12-32/h1-8,13-15,17,30H,9-12,16,29H2. The number of piperazine rings is 1. The summed E-state index contributed by atoms with van der Waals surface area (Å²) in [6.45, 7) is 3.92. The normalized spacial score (nSPS) is 13.9. The molecule has 5 rings (SSSR count). The Hall–Kier alpha value is -3.77. The second kappa shape index (κ2) is 9.00. The van der Waals surface area contributed by atoms with Gasteiger partial charge in [0.1, 0.15) is 11.5 Å². The molecule has 4 aromatic rings. The lowest BCUT2D eigenvalue weighted by Crippen LogP contribution is -2.43. The Kier molecular flexibility index (Phi) is 5.75. The molecular formula is C27H25FN4O. The lowest BCUT2D eigenvalue weighted by molar-refractivity contribution is 0.0988. The molecule has 1 aliphatic heterocycles. The van der Waals surface area contributed by atoms with E-state index in [9.17, 15) is 9.18 Å². The molecule has 1 fully saturated rings. The first-order valence-electron chi connectivity index (χ1n) is 11.1. The maximum absolute atomic E-state index is 13.3. The minimum atomic E-state index is -0.285. The van der Waals surface area contributed by atoms with Gasteiger partial charge in [0.2, 0.25) is 0 Å². The zero-order valence-corrected chi connectivity index (χ0v) is 18.2. The molecule has 2 heterocycles. The van der Waals surface area contributed by atoms with Crippen molar-refractivity contribution in [3.63, 3.8) is 0 Å². The summed E-state index contributed by atoms with van der Waals surface area (Å²) < 4.78 is 13.3. The Morgan fingerprint density at radius 2 is 1.70 bits per heavy atom.